The topological polar surface area (TPSA) is 71.0 Å². The minimum atomic E-state index is -0.558. The molecule has 0 saturated heterocycles. The van der Waals surface area contributed by atoms with Crippen LogP contribution in [0, 0.1) is 0 Å². The molecule has 0 aromatic heterocycles. The summed E-state index contributed by atoms with van der Waals surface area (Å²) in [6.07, 6.45) is 1.01. The highest BCUT2D eigenvalue weighted by atomic mass is 35.5. The van der Waals surface area contributed by atoms with Crippen molar-refractivity contribution in [2.75, 3.05) is 0 Å². The molecule has 0 saturated carbocycles. The number of aliphatic imine (C=N–C) groups is 1. The van der Waals surface area contributed by atoms with Crippen LogP contribution >= 0.6 is 23.4 Å². The van der Waals surface area contributed by atoms with Crippen molar-refractivity contribution in [1.82, 2.24) is 10.2 Å². The van der Waals surface area contributed by atoms with Crippen LogP contribution in [0.15, 0.2) is 82.0 Å². The molecule has 2 heterocycles. The van der Waals surface area contributed by atoms with E-state index in [0.717, 1.165) is 23.2 Å². The van der Waals surface area contributed by atoms with E-state index in [0.29, 0.717) is 21.5 Å². The summed E-state index contributed by atoms with van der Waals surface area (Å²) < 4.78 is 5.72. The van der Waals surface area contributed by atoms with Crippen molar-refractivity contribution in [1.29, 1.82) is 0 Å². The lowest BCUT2D eigenvalue weighted by Crippen LogP contribution is -2.39. The zero-order valence-corrected chi connectivity index (χ0v) is 21.5. The fourth-order valence-corrected chi connectivity index (χ4v) is 5.22. The molecule has 2 aliphatic rings. The Bertz CT molecular complexity index is 1210. The number of amides is 1. The monoisotopic (exact) mass is 509 g/mol. The lowest BCUT2D eigenvalue weighted by molar-refractivity contribution is -0.141. The Balaban J connectivity index is 1.67. The molecular formula is C27H28ClN3O3S. The Hall–Kier alpha value is -3.03. The molecular weight excluding hydrogens is 482 g/mol. The van der Waals surface area contributed by atoms with Crippen molar-refractivity contribution < 1.29 is 14.3 Å². The molecule has 2 atom stereocenters. The maximum atomic E-state index is 13.5. The molecule has 0 radical (unpaired) electrons. The van der Waals surface area contributed by atoms with Crippen molar-refractivity contribution in [3.05, 3.63) is 93.1 Å². The van der Waals surface area contributed by atoms with Crippen LogP contribution in [-0.2, 0) is 20.9 Å². The summed E-state index contributed by atoms with van der Waals surface area (Å²) in [5, 5.41) is 6.17. The molecule has 0 spiro atoms. The van der Waals surface area contributed by atoms with E-state index in [2.05, 4.69) is 5.32 Å². The largest absolute Gasteiger partial charge is 0.457 e. The average Bonchev–Trinajstić information content (AvgIpc) is 3.24. The molecule has 2 aliphatic heterocycles. The highest BCUT2D eigenvalue weighted by Crippen LogP contribution is 2.46. The number of carbonyl (C=O) groups is 2. The first-order valence-electron chi connectivity index (χ1n) is 11.6. The van der Waals surface area contributed by atoms with E-state index in [1.165, 1.54) is 11.8 Å². The van der Waals surface area contributed by atoms with Gasteiger partial charge in [-0.3, -0.25) is 4.79 Å². The lowest BCUT2D eigenvalue weighted by Gasteiger charge is -2.36. The smallest absolute Gasteiger partial charge is 0.338 e. The van der Waals surface area contributed by atoms with Gasteiger partial charge in [-0.2, -0.15) is 0 Å². The maximum absolute atomic E-state index is 13.5. The third-order valence-corrected chi connectivity index (χ3v) is 7.23. The fraction of sp³-hybridized carbons (Fsp3) is 0.296. The van der Waals surface area contributed by atoms with Crippen LogP contribution in [0.5, 0.6) is 0 Å². The van der Waals surface area contributed by atoms with Crippen molar-refractivity contribution in [3.63, 3.8) is 0 Å². The van der Waals surface area contributed by atoms with Gasteiger partial charge in [-0.1, -0.05) is 78.8 Å². The second kappa shape index (κ2) is 11.1. The van der Waals surface area contributed by atoms with Crippen molar-refractivity contribution >= 4 is 40.4 Å². The van der Waals surface area contributed by atoms with Gasteiger partial charge in [0.05, 0.1) is 23.7 Å². The standard InChI is InChI=1S/C27H28ClN3O3S/c1-4-17(2)29-23(32)14-20-16-35-27-30-18(3)24(26(33)34-15-19-10-6-5-7-11-19)25(31(20)27)21-12-8-9-13-22(21)28/h5-13,16-17,25H,4,14-15H2,1-3H3,(H,29,32)/t17-,25-/m1/s1. The summed E-state index contributed by atoms with van der Waals surface area (Å²) in [7, 11) is 0. The molecule has 0 unspecified atom stereocenters. The van der Waals surface area contributed by atoms with Gasteiger partial charge in [-0.25, -0.2) is 9.79 Å². The number of amidine groups is 1. The number of ether oxygens (including phenoxy) is 1. The van der Waals surface area contributed by atoms with Crippen LogP contribution in [0.3, 0.4) is 0 Å². The molecule has 1 amide bonds. The number of thioether (sulfide) groups is 1. The molecule has 1 N–H and O–H groups in total. The molecule has 8 heteroatoms. The van der Waals surface area contributed by atoms with Crippen LogP contribution in [0.4, 0.5) is 0 Å². The molecule has 4 rings (SSSR count). The average molecular weight is 510 g/mol. The van der Waals surface area contributed by atoms with Gasteiger partial charge in [0.2, 0.25) is 5.91 Å². The number of benzene rings is 2. The Morgan fingerprint density at radius 2 is 1.89 bits per heavy atom. The van der Waals surface area contributed by atoms with Gasteiger partial charge in [-0.15, -0.1) is 0 Å². The van der Waals surface area contributed by atoms with E-state index in [-0.39, 0.29) is 25.0 Å². The molecule has 2 aromatic rings. The Labute approximate surface area is 215 Å². The summed E-state index contributed by atoms with van der Waals surface area (Å²) >= 11 is 8.07. The molecule has 2 aromatic carbocycles. The van der Waals surface area contributed by atoms with E-state index in [4.69, 9.17) is 21.3 Å². The van der Waals surface area contributed by atoms with Gasteiger partial charge in [0.1, 0.15) is 6.61 Å². The third-order valence-electron chi connectivity index (χ3n) is 5.99. The number of allylic oxidation sites excluding steroid dienone is 1. The molecule has 0 fully saturated rings. The maximum Gasteiger partial charge on any atom is 0.338 e. The molecule has 6 nitrogen and oxygen atoms in total. The van der Waals surface area contributed by atoms with E-state index in [1.807, 2.05) is 79.6 Å². The van der Waals surface area contributed by atoms with Crippen LogP contribution in [0.1, 0.15) is 50.8 Å². The first-order valence-corrected chi connectivity index (χ1v) is 12.8. The molecule has 0 bridgehead atoms. The van der Waals surface area contributed by atoms with E-state index in [1.54, 1.807) is 6.07 Å². The Kier molecular flexibility index (Phi) is 7.98. The molecule has 182 valence electrons. The zero-order valence-electron chi connectivity index (χ0n) is 20.0. The second-order valence-corrected chi connectivity index (χ2v) is 9.77. The Morgan fingerprint density at radius 1 is 1.17 bits per heavy atom. The SMILES string of the molecule is CC[C@@H](C)NC(=O)CC1=CSC2=NC(C)=C(C(=O)OCc3ccccc3)[C@@H](c3ccccc3Cl)N12. The number of fused-ring (bicyclic) bond motifs is 1. The van der Waals surface area contributed by atoms with Gasteiger partial charge in [-0.05, 0) is 42.9 Å². The minimum absolute atomic E-state index is 0.0789. The predicted molar refractivity (Wildman–Crippen MR) is 141 cm³/mol. The second-order valence-electron chi connectivity index (χ2n) is 8.53. The van der Waals surface area contributed by atoms with Crippen LogP contribution in [0.25, 0.3) is 0 Å². The number of carbonyl (C=O) groups excluding carboxylic acids is 2. The summed E-state index contributed by atoms with van der Waals surface area (Å²) in [6.45, 7) is 5.96. The van der Waals surface area contributed by atoms with Crippen LogP contribution in [-0.4, -0.2) is 28.0 Å². The first kappa shape index (κ1) is 25.1. The number of esters is 1. The molecule has 0 aliphatic carbocycles. The number of hydrogen-bond acceptors (Lipinski definition) is 6. The van der Waals surface area contributed by atoms with Crippen molar-refractivity contribution in [3.8, 4) is 0 Å². The van der Waals surface area contributed by atoms with E-state index >= 15 is 0 Å². The number of nitrogens with zero attached hydrogens (tertiary/aromatic N) is 2. The van der Waals surface area contributed by atoms with Gasteiger partial charge in [0.25, 0.3) is 0 Å². The van der Waals surface area contributed by atoms with Gasteiger partial charge < -0.3 is 15.0 Å². The number of rotatable bonds is 8. The highest BCUT2D eigenvalue weighted by molar-refractivity contribution is 8.16. The summed E-state index contributed by atoms with van der Waals surface area (Å²) in [6, 6.07) is 16.5. The van der Waals surface area contributed by atoms with E-state index < -0.39 is 12.0 Å². The number of nitrogens with one attached hydrogen (secondary N) is 1. The Morgan fingerprint density at radius 3 is 2.60 bits per heavy atom. The summed E-state index contributed by atoms with van der Waals surface area (Å²) in [5.74, 6) is -0.538. The quantitative estimate of drug-likeness (QED) is 0.444. The third kappa shape index (κ3) is 5.63. The zero-order chi connectivity index (χ0) is 24.9. The predicted octanol–water partition coefficient (Wildman–Crippen LogP) is 5.96. The van der Waals surface area contributed by atoms with Gasteiger partial charge in [0, 0.05) is 16.8 Å². The first-order chi connectivity index (χ1) is 16.9. The fourth-order valence-electron chi connectivity index (χ4n) is 4.02. The van der Waals surface area contributed by atoms with Crippen molar-refractivity contribution in [2.24, 2.45) is 4.99 Å². The minimum Gasteiger partial charge on any atom is -0.457 e. The van der Waals surface area contributed by atoms with Gasteiger partial charge in [0.15, 0.2) is 5.17 Å². The number of hydrogen-bond donors (Lipinski definition) is 1. The van der Waals surface area contributed by atoms with Crippen molar-refractivity contribution in [2.45, 2.75) is 52.3 Å². The lowest BCUT2D eigenvalue weighted by atomic mass is 9.93. The van der Waals surface area contributed by atoms with Gasteiger partial charge >= 0.3 is 5.97 Å². The van der Waals surface area contributed by atoms with Crippen LogP contribution in [0.2, 0.25) is 5.02 Å². The van der Waals surface area contributed by atoms with E-state index in [9.17, 15) is 9.59 Å². The normalized spacial score (nSPS) is 17.9. The molecule has 35 heavy (non-hydrogen) atoms. The summed E-state index contributed by atoms with van der Waals surface area (Å²) in [4.78, 5) is 32.8. The summed E-state index contributed by atoms with van der Waals surface area (Å²) in [5.41, 5.74) is 3.40. The number of halogens is 1. The van der Waals surface area contributed by atoms with Crippen LogP contribution < -0.4 is 5.32 Å². The highest BCUT2D eigenvalue weighted by Gasteiger charge is 2.41.